The van der Waals surface area contributed by atoms with Crippen molar-refractivity contribution < 1.29 is 13.2 Å². The highest BCUT2D eigenvalue weighted by Gasteiger charge is 2.30. The van der Waals surface area contributed by atoms with Crippen molar-refractivity contribution in [3.8, 4) is 0 Å². The molecule has 1 heterocycles. The lowest BCUT2D eigenvalue weighted by Gasteiger charge is -2.35. The fourth-order valence-corrected chi connectivity index (χ4v) is 4.18. The highest BCUT2D eigenvalue weighted by atomic mass is 32.2. The molecule has 0 amide bonds. The van der Waals surface area contributed by atoms with Crippen LogP contribution in [0.1, 0.15) is 41.5 Å². The molecule has 0 aliphatic carbocycles. The first-order chi connectivity index (χ1) is 9.63. The SMILES string of the molecule is CC1CN(S(=O)(=O)NCCN(C(C)C)C(C)C)CC(C)O1. The summed E-state index contributed by atoms with van der Waals surface area (Å²) < 4.78 is 34.5. The van der Waals surface area contributed by atoms with Crippen molar-refractivity contribution in [1.82, 2.24) is 13.9 Å². The van der Waals surface area contributed by atoms with E-state index in [4.69, 9.17) is 4.74 Å². The molecule has 0 radical (unpaired) electrons. The molecule has 1 aliphatic heterocycles. The van der Waals surface area contributed by atoms with Crippen molar-refractivity contribution in [1.29, 1.82) is 0 Å². The zero-order valence-corrected chi connectivity index (χ0v) is 15.0. The minimum absolute atomic E-state index is 0.0619. The van der Waals surface area contributed by atoms with Gasteiger partial charge < -0.3 is 4.74 Å². The van der Waals surface area contributed by atoms with E-state index >= 15 is 0 Å². The largest absolute Gasteiger partial charge is 0.373 e. The normalized spacial score (nSPS) is 25.2. The van der Waals surface area contributed by atoms with Gasteiger partial charge in [0.1, 0.15) is 0 Å². The first-order valence-corrected chi connectivity index (χ1v) is 9.23. The van der Waals surface area contributed by atoms with Gasteiger partial charge in [-0.15, -0.1) is 0 Å². The lowest BCUT2D eigenvalue weighted by atomic mass is 10.2. The molecule has 2 unspecified atom stereocenters. The molecule has 126 valence electrons. The monoisotopic (exact) mass is 321 g/mol. The zero-order chi connectivity index (χ0) is 16.2. The number of hydrogen-bond acceptors (Lipinski definition) is 4. The minimum atomic E-state index is -3.42. The Balaban J connectivity index is 2.53. The maximum atomic E-state index is 12.3. The zero-order valence-electron chi connectivity index (χ0n) is 14.2. The van der Waals surface area contributed by atoms with Gasteiger partial charge in [0, 0.05) is 38.3 Å². The second kappa shape index (κ2) is 7.87. The van der Waals surface area contributed by atoms with Crippen LogP contribution in [-0.4, -0.2) is 68.1 Å². The summed E-state index contributed by atoms with van der Waals surface area (Å²) in [6, 6.07) is 0.802. The molecular formula is C14H31N3O3S. The number of nitrogens with one attached hydrogen (secondary N) is 1. The second-order valence-corrected chi connectivity index (χ2v) is 8.15. The van der Waals surface area contributed by atoms with Crippen LogP contribution in [0.15, 0.2) is 0 Å². The maximum absolute atomic E-state index is 12.3. The van der Waals surface area contributed by atoms with Crippen molar-refractivity contribution in [2.24, 2.45) is 0 Å². The Morgan fingerprint density at radius 1 is 1.14 bits per heavy atom. The van der Waals surface area contributed by atoms with Gasteiger partial charge in [-0.1, -0.05) is 0 Å². The summed E-state index contributed by atoms with van der Waals surface area (Å²) >= 11 is 0. The lowest BCUT2D eigenvalue weighted by Crippen LogP contribution is -2.53. The predicted octanol–water partition coefficient (Wildman–Crippen LogP) is 1.05. The van der Waals surface area contributed by atoms with Gasteiger partial charge in [-0.3, -0.25) is 4.90 Å². The molecule has 0 spiro atoms. The average molecular weight is 321 g/mol. The molecule has 21 heavy (non-hydrogen) atoms. The van der Waals surface area contributed by atoms with Gasteiger partial charge in [0.2, 0.25) is 0 Å². The lowest BCUT2D eigenvalue weighted by molar-refractivity contribution is -0.0444. The van der Waals surface area contributed by atoms with Gasteiger partial charge in [-0.05, 0) is 41.5 Å². The Morgan fingerprint density at radius 3 is 2.05 bits per heavy atom. The standard InChI is InChI=1S/C14H31N3O3S/c1-11(2)17(12(3)4)8-7-15-21(18,19)16-9-13(5)20-14(6)10-16/h11-15H,7-10H2,1-6H3. The van der Waals surface area contributed by atoms with Crippen LogP contribution < -0.4 is 4.72 Å². The van der Waals surface area contributed by atoms with Crippen molar-refractivity contribution in [2.45, 2.75) is 65.8 Å². The smallest absolute Gasteiger partial charge is 0.279 e. The number of morpholine rings is 1. The second-order valence-electron chi connectivity index (χ2n) is 6.40. The van der Waals surface area contributed by atoms with Crippen LogP contribution in [0, 0.1) is 0 Å². The van der Waals surface area contributed by atoms with Crippen LogP contribution in [-0.2, 0) is 14.9 Å². The first kappa shape index (κ1) is 18.8. The van der Waals surface area contributed by atoms with Crippen LogP contribution in [0.2, 0.25) is 0 Å². The average Bonchev–Trinajstić information content (AvgIpc) is 2.32. The van der Waals surface area contributed by atoms with E-state index in [0.717, 1.165) is 0 Å². The summed E-state index contributed by atoms with van der Waals surface area (Å²) in [5, 5.41) is 0. The van der Waals surface area contributed by atoms with E-state index in [1.807, 2.05) is 13.8 Å². The molecule has 0 aromatic carbocycles. The summed E-state index contributed by atoms with van der Waals surface area (Å²) in [5.41, 5.74) is 0. The van der Waals surface area contributed by atoms with Crippen LogP contribution in [0.3, 0.4) is 0 Å². The molecule has 0 saturated carbocycles. The van der Waals surface area contributed by atoms with E-state index in [-0.39, 0.29) is 12.2 Å². The van der Waals surface area contributed by atoms with Crippen LogP contribution in [0.4, 0.5) is 0 Å². The van der Waals surface area contributed by atoms with E-state index in [9.17, 15) is 8.42 Å². The third-order valence-corrected chi connectivity index (χ3v) is 5.25. The topological polar surface area (TPSA) is 61.9 Å². The number of nitrogens with zero attached hydrogens (tertiary/aromatic N) is 2. The summed E-state index contributed by atoms with van der Waals surface area (Å²) in [6.07, 6.45) is -0.124. The minimum Gasteiger partial charge on any atom is -0.373 e. The molecule has 6 nitrogen and oxygen atoms in total. The molecule has 1 saturated heterocycles. The fraction of sp³-hybridized carbons (Fsp3) is 1.00. The van der Waals surface area contributed by atoms with Gasteiger partial charge >= 0.3 is 0 Å². The van der Waals surface area contributed by atoms with E-state index in [1.54, 1.807) is 0 Å². The Kier molecular flexibility index (Phi) is 7.06. The Hall–Kier alpha value is -0.210. The highest BCUT2D eigenvalue weighted by Crippen LogP contribution is 2.13. The van der Waals surface area contributed by atoms with Crippen molar-refractivity contribution in [2.75, 3.05) is 26.2 Å². The molecule has 7 heteroatoms. The van der Waals surface area contributed by atoms with Crippen LogP contribution in [0.25, 0.3) is 0 Å². The van der Waals surface area contributed by atoms with Crippen LogP contribution in [0.5, 0.6) is 0 Å². The summed E-state index contributed by atoms with van der Waals surface area (Å²) in [4.78, 5) is 2.27. The molecular weight excluding hydrogens is 290 g/mol. The number of ether oxygens (including phenoxy) is 1. The number of rotatable bonds is 7. The third-order valence-electron chi connectivity index (χ3n) is 3.71. The van der Waals surface area contributed by atoms with E-state index in [0.29, 0.717) is 38.3 Å². The molecule has 0 aromatic heterocycles. The maximum Gasteiger partial charge on any atom is 0.279 e. The summed E-state index contributed by atoms with van der Waals surface area (Å²) in [5.74, 6) is 0. The van der Waals surface area contributed by atoms with Crippen molar-refractivity contribution in [3.63, 3.8) is 0 Å². The van der Waals surface area contributed by atoms with Gasteiger partial charge in [0.15, 0.2) is 0 Å². The number of hydrogen-bond donors (Lipinski definition) is 1. The van der Waals surface area contributed by atoms with Gasteiger partial charge in [-0.25, -0.2) is 4.72 Å². The van der Waals surface area contributed by atoms with Crippen molar-refractivity contribution >= 4 is 10.2 Å². The molecule has 1 N–H and O–H groups in total. The van der Waals surface area contributed by atoms with Gasteiger partial charge in [0.05, 0.1) is 12.2 Å². The summed E-state index contributed by atoms with van der Waals surface area (Å²) in [7, 11) is -3.42. The molecule has 1 aliphatic rings. The highest BCUT2D eigenvalue weighted by molar-refractivity contribution is 7.87. The molecule has 0 bridgehead atoms. The van der Waals surface area contributed by atoms with Gasteiger partial charge in [0.25, 0.3) is 10.2 Å². The van der Waals surface area contributed by atoms with E-state index in [2.05, 4.69) is 37.3 Å². The van der Waals surface area contributed by atoms with E-state index < -0.39 is 10.2 Å². The fourth-order valence-electron chi connectivity index (χ4n) is 2.83. The van der Waals surface area contributed by atoms with Gasteiger partial charge in [-0.2, -0.15) is 12.7 Å². The molecule has 0 aromatic rings. The predicted molar refractivity (Wildman–Crippen MR) is 85.5 cm³/mol. The van der Waals surface area contributed by atoms with Crippen molar-refractivity contribution in [3.05, 3.63) is 0 Å². The Morgan fingerprint density at radius 2 is 1.62 bits per heavy atom. The Bertz CT molecular complexity index is 394. The van der Waals surface area contributed by atoms with E-state index in [1.165, 1.54) is 4.31 Å². The molecule has 1 rings (SSSR count). The summed E-state index contributed by atoms with van der Waals surface area (Å²) in [6.45, 7) is 14.3. The molecule has 1 fully saturated rings. The third kappa shape index (κ3) is 5.83. The first-order valence-electron chi connectivity index (χ1n) is 7.79. The quantitative estimate of drug-likeness (QED) is 0.761. The Labute approximate surface area is 130 Å². The molecule has 2 atom stereocenters. The van der Waals surface area contributed by atoms with Crippen LogP contribution >= 0.6 is 0 Å².